The van der Waals surface area contributed by atoms with Crippen molar-refractivity contribution < 1.29 is 13.7 Å². The second-order valence-corrected chi connectivity index (χ2v) is 25.0. The summed E-state index contributed by atoms with van der Waals surface area (Å²) in [5.74, 6) is 0. The summed E-state index contributed by atoms with van der Waals surface area (Å²) < 4.78 is 81.5. The molecule has 0 radical (unpaired) electrons. The number of unbranched alkanes of at least 4 members (excludes halogenated alkanes) is 2. The van der Waals surface area contributed by atoms with Crippen molar-refractivity contribution in [2.45, 2.75) is 78.1 Å². The lowest BCUT2D eigenvalue weighted by Gasteiger charge is -2.22. The lowest BCUT2D eigenvalue weighted by atomic mass is 9.81. The van der Waals surface area contributed by atoms with Crippen LogP contribution in [0, 0.1) is 0 Å². The van der Waals surface area contributed by atoms with Gasteiger partial charge in [-0.05, 0) is 204 Å². The van der Waals surface area contributed by atoms with Crippen LogP contribution in [0.3, 0.4) is 0 Å². The maximum Gasteiger partial charge on any atom is 0.0645 e. The fourth-order valence-corrected chi connectivity index (χ4v) is 14.8. The average Bonchev–Trinajstić information content (AvgIpc) is 1.50. The molecule has 1 nitrogen and oxygen atoms in total. The Hall–Kier alpha value is -9.08. The van der Waals surface area contributed by atoms with Gasteiger partial charge in [0.05, 0.1) is 24.7 Å². The molecule has 416 valence electrons. The van der Waals surface area contributed by atoms with Crippen LogP contribution in [-0.2, 0) is 17.3 Å². The van der Waals surface area contributed by atoms with Gasteiger partial charge in [0.2, 0.25) is 0 Å². The molecule has 0 saturated heterocycles. The first-order valence-corrected chi connectivity index (χ1v) is 30.9. The molecule has 2 heteroatoms. The number of para-hydroxylation sites is 1. The Balaban J connectivity index is 0.000000130. The van der Waals surface area contributed by atoms with Crippen LogP contribution >= 0.6 is 15.9 Å². The summed E-state index contributed by atoms with van der Waals surface area (Å²) in [7, 11) is 0. The van der Waals surface area contributed by atoms with E-state index in [1.54, 1.807) is 0 Å². The molecule has 0 amide bonds. The summed E-state index contributed by atoms with van der Waals surface area (Å²) in [5, 5.41) is 16.9. The number of hydrogen-bond acceptors (Lipinski definition) is 0. The van der Waals surface area contributed by atoms with Gasteiger partial charge in [-0.3, -0.25) is 0 Å². The predicted octanol–water partition coefficient (Wildman–Crippen LogP) is 24.2. The Labute approximate surface area is 527 Å². The summed E-state index contributed by atoms with van der Waals surface area (Å²) >= 11 is 2.92. The van der Waals surface area contributed by atoms with Gasteiger partial charge in [-0.1, -0.05) is 265 Å². The van der Waals surface area contributed by atoms with Crippen LogP contribution < -0.4 is 0 Å². The third-order valence-corrected chi connectivity index (χ3v) is 19.1. The number of fused-ring (bicyclic) bond motifs is 24. The molecule has 0 N–H and O–H groups in total. The van der Waals surface area contributed by atoms with Crippen molar-refractivity contribution in [3.05, 3.63) is 292 Å². The Bertz CT molecular complexity index is 5710. The van der Waals surface area contributed by atoms with Gasteiger partial charge in [0, 0.05) is 31.8 Å². The van der Waals surface area contributed by atoms with Gasteiger partial charge >= 0.3 is 0 Å². The zero-order chi connectivity index (χ0) is 67.1. The second-order valence-electron chi connectivity index (χ2n) is 24.2. The number of rotatable bonds is 3. The highest BCUT2D eigenvalue weighted by Gasteiger charge is 2.38. The van der Waals surface area contributed by atoms with Crippen molar-refractivity contribution in [3.8, 4) is 39.1 Å². The van der Waals surface area contributed by atoms with Gasteiger partial charge in [-0.2, -0.15) is 0 Å². The molecule has 1 heterocycles. The monoisotopic (exact) mass is 1180 g/mol. The quantitative estimate of drug-likeness (QED) is 0.155. The SMILES string of the molecule is CC1(C)c2ccccc2-c2cc3c(cc21)Cc1cc2c4ccccc4c4ccccc4c2cc1-3.CCCCC.[2H]c1c([2H])c([2H])c(-n2c3cc4c(cc3c3cc5c6ccccc6c6ccccc6c5cc32)-c2ccccc2C4(C)C)c([2H])c1[2H].[2H]c1c([2H])c([2H])c(Br)c([2H])c1[2H]. The number of benzene rings is 14. The molecule has 14 aromatic carbocycles. The van der Waals surface area contributed by atoms with Crippen molar-refractivity contribution >= 4 is 102 Å². The van der Waals surface area contributed by atoms with Crippen molar-refractivity contribution in [3.63, 3.8) is 0 Å². The summed E-state index contributed by atoms with van der Waals surface area (Å²) in [6.45, 7) is 13.6. The van der Waals surface area contributed by atoms with Gasteiger partial charge in [0.15, 0.2) is 0 Å². The van der Waals surface area contributed by atoms with E-state index >= 15 is 0 Å². The van der Waals surface area contributed by atoms with E-state index in [9.17, 15) is 0 Å². The molecule has 15 aromatic rings. The highest BCUT2D eigenvalue weighted by molar-refractivity contribution is 9.10. The number of halogens is 1. The van der Waals surface area contributed by atoms with Crippen molar-refractivity contribution in [2.75, 3.05) is 0 Å². The zero-order valence-corrected chi connectivity index (χ0v) is 50.7. The predicted molar refractivity (Wildman–Crippen MR) is 375 cm³/mol. The van der Waals surface area contributed by atoms with E-state index in [1.165, 1.54) is 118 Å². The largest absolute Gasteiger partial charge is 0.309 e. The Morgan fingerprint density at radius 2 is 0.721 bits per heavy atom. The van der Waals surface area contributed by atoms with E-state index in [0.29, 0.717) is 0 Å². The summed E-state index contributed by atoms with van der Waals surface area (Å²) in [6, 6.07) is 68.0. The molecule has 0 aliphatic heterocycles. The van der Waals surface area contributed by atoms with Crippen LogP contribution in [-0.4, -0.2) is 4.57 Å². The summed E-state index contributed by atoms with van der Waals surface area (Å²) in [4.78, 5) is 0. The molecule has 0 spiro atoms. The Morgan fingerprint density at radius 3 is 1.23 bits per heavy atom. The minimum absolute atomic E-state index is 0.0485. The zero-order valence-electron chi connectivity index (χ0n) is 59.1. The van der Waals surface area contributed by atoms with E-state index in [1.807, 2.05) is 4.57 Å². The van der Waals surface area contributed by atoms with Gasteiger partial charge in [0.25, 0.3) is 0 Å². The molecule has 1 aromatic heterocycles. The van der Waals surface area contributed by atoms with Gasteiger partial charge < -0.3 is 4.57 Å². The molecule has 18 rings (SSSR count). The van der Waals surface area contributed by atoms with E-state index in [0.717, 1.165) is 60.7 Å². The Morgan fingerprint density at radius 1 is 0.349 bits per heavy atom. The standard InChI is InChI=1S/C39H27N.C34H24.C6H5Br.C5H12/c1-39(2)35-19-11-10-18-29(35)32-21-34-33-20-30-27-16-8-6-14-25(27)26-15-7-9-17-28(26)31(30)22-37(33)40(38(34)23-36(32)39)24-12-4-3-5-13-24;1-34(2)32-14-8-7-13-26(32)31-19-28-21(17-33(31)34)15-20-16-29-24-11-5-3-9-22(24)23-10-4-6-12-25(23)30(29)18-27(20)28;7-6-4-2-1-3-5-6;1-3-5-4-2/h3-23H,1-2H3;3-14,16-19H,15H2,1-2H3;1-5H;3-5H2,1-2H3/i3D,4D,5D,12D,13D;;1D,2D,3D,4D,5D;. The molecule has 0 fully saturated rings. The first kappa shape index (κ1) is 43.5. The van der Waals surface area contributed by atoms with Crippen LogP contribution in [0.4, 0.5) is 0 Å². The minimum Gasteiger partial charge on any atom is -0.309 e. The van der Waals surface area contributed by atoms with Crippen LogP contribution in [0.2, 0.25) is 0 Å². The van der Waals surface area contributed by atoms with E-state index in [-0.39, 0.29) is 75.4 Å². The van der Waals surface area contributed by atoms with Crippen LogP contribution in [0.15, 0.2) is 259 Å². The van der Waals surface area contributed by atoms with E-state index in [4.69, 9.17) is 13.7 Å². The second kappa shape index (κ2) is 21.2. The average molecular weight is 1180 g/mol. The molecule has 0 atom stereocenters. The normalized spacial score (nSPS) is 15.2. The van der Waals surface area contributed by atoms with Gasteiger partial charge in [-0.15, -0.1) is 0 Å². The summed E-state index contributed by atoms with van der Waals surface area (Å²) in [6.07, 6.45) is 5.09. The van der Waals surface area contributed by atoms with Gasteiger partial charge in [0.1, 0.15) is 0 Å². The molecule has 3 aliphatic carbocycles. The number of hydrogen-bond donors (Lipinski definition) is 0. The first-order chi connectivity index (χ1) is 46.2. The van der Waals surface area contributed by atoms with Crippen molar-refractivity contribution in [1.82, 2.24) is 4.57 Å². The molecule has 0 unspecified atom stereocenters. The fraction of sp³-hybridized carbons (Fsp3) is 0.143. The lowest BCUT2D eigenvalue weighted by Crippen LogP contribution is -2.15. The molecule has 86 heavy (non-hydrogen) atoms. The third-order valence-electron chi connectivity index (χ3n) is 18.7. The minimum atomic E-state index is -0.394. The fourth-order valence-electron chi connectivity index (χ4n) is 14.6. The van der Waals surface area contributed by atoms with E-state index in [2.05, 4.69) is 252 Å². The van der Waals surface area contributed by atoms with Crippen LogP contribution in [0.25, 0.3) is 126 Å². The third kappa shape index (κ3) is 8.54. The Kier molecular flexibility index (Phi) is 10.7. The topological polar surface area (TPSA) is 4.93 Å². The molecule has 0 bridgehead atoms. The smallest absolute Gasteiger partial charge is 0.0645 e. The molecular formula is C84H68BrN. The number of aromatic nitrogens is 1. The van der Waals surface area contributed by atoms with Gasteiger partial charge in [-0.25, -0.2) is 0 Å². The van der Waals surface area contributed by atoms with E-state index < -0.39 is 6.04 Å². The summed E-state index contributed by atoms with van der Waals surface area (Å²) in [5.41, 5.74) is 17.9. The van der Waals surface area contributed by atoms with Crippen molar-refractivity contribution in [1.29, 1.82) is 0 Å². The molecule has 0 saturated carbocycles. The highest BCUT2D eigenvalue weighted by Crippen LogP contribution is 2.54. The number of nitrogens with zero attached hydrogens (tertiary/aromatic N) is 1. The van der Waals surface area contributed by atoms with Crippen molar-refractivity contribution in [2.24, 2.45) is 0 Å². The van der Waals surface area contributed by atoms with Crippen LogP contribution in [0.5, 0.6) is 0 Å². The van der Waals surface area contributed by atoms with Crippen LogP contribution in [0.1, 0.15) is 108 Å². The molecule has 3 aliphatic rings. The lowest BCUT2D eigenvalue weighted by molar-refractivity contribution is 0.659. The first-order valence-electron chi connectivity index (χ1n) is 35.1. The highest BCUT2D eigenvalue weighted by atomic mass is 79.9. The maximum atomic E-state index is 9.01. The maximum absolute atomic E-state index is 9.01. The molecular weight excluding hydrogens is 1100 g/mol.